The number of nitrogens with zero attached hydrogens (tertiary/aromatic N) is 15. The van der Waals surface area contributed by atoms with Gasteiger partial charge in [-0.1, -0.05) is 158 Å². The van der Waals surface area contributed by atoms with Crippen LogP contribution in [0.5, 0.6) is 28.7 Å². The van der Waals surface area contributed by atoms with Gasteiger partial charge in [-0.05, 0) is 224 Å². The van der Waals surface area contributed by atoms with E-state index in [0.29, 0.717) is 136 Å². The number of carbonyl (C=O) groups is 5. The van der Waals surface area contributed by atoms with Crippen LogP contribution in [-0.2, 0) is 58.2 Å². The second kappa shape index (κ2) is 40.6. The molecule has 5 aliphatic rings. The van der Waals surface area contributed by atoms with Crippen molar-refractivity contribution < 1.29 is 56.4 Å². The van der Waals surface area contributed by atoms with E-state index in [2.05, 4.69) is 46.3 Å². The molecule has 15 aromatic rings. The number of amides is 5. The quantitative estimate of drug-likeness (QED) is 0.0689. The Bertz CT molecular complexity index is 6480. The minimum Gasteiger partial charge on any atom is -0.487 e. The first kappa shape index (κ1) is 90.3. The summed E-state index contributed by atoms with van der Waals surface area (Å²) in [6, 6.07) is 90.5. The van der Waals surface area contributed by atoms with Crippen molar-refractivity contribution >= 4 is 58.0 Å². The number of ether oxygens (including phenoxy) is 5. The topological polar surface area (TPSA) is 237 Å². The van der Waals surface area contributed by atoms with E-state index in [1.54, 1.807) is 67.2 Å². The smallest absolute Gasteiger partial charge is 0.276 e. The zero-order valence-corrected chi connectivity index (χ0v) is 73.5. The first-order valence-electron chi connectivity index (χ1n) is 43.1. The molecular weight excluding hydrogens is 1660 g/mol. The molecule has 20 rings (SSSR count). The van der Waals surface area contributed by atoms with Crippen LogP contribution in [0.4, 0.5) is 37.2 Å². The molecule has 0 spiro atoms. The maximum atomic E-state index is 14.3. The highest BCUT2D eigenvalue weighted by Crippen LogP contribution is 2.35. The molecular formula is C104H103F2N15O10. The maximum absolute atomic E-state index is 14.3. The van der Waals surface area contributed by atoms with Gasteiger partial charge in [0.25, 0.3) is 29.5 Å². The van der Waals surface area contributed by atoms with Crippen molar-refractivity contribution in [1.29, 1.82) is 0 Å². The van der Waals surface area contributed by atoms with E-state index in [0.717, 1.165) is 68.5 Å². The fraction of sp³-hybridized carbons (Fsp3) is 0.231. The van der Waals surface area contributed by atoms with E-state index in [1.807, 2.05) is 290 Å². The summed E-state index contributed by atoms with van der Waals surface area (Å²) in [5.41, 5.74) is 14.7. The van der Waals surface area contributed by atoms with Gasteiger partial charge < -0.3 is 48.2 Å². The van der Waals surface area contributed by atoms with Gasteiger partial charge in [-0.15, -0.1) is 0 Å². The highest BCUT2D eigenvalue weighted by molar-refractivity contribution is 6.09. The molecule has 668 valence electrons. The van der Waals surface area contributed by atoms with Crippen LogP contribution >= 0.6 is 0 Å². The number of rotatable bonds is 20. The maximum Gasteiger partial charge on any atom is 0.276 e. The molecule has 1 atom stereocenters. The third kappa shape index (κ3) is 21.5. The molecule has 0 N–H and O–H groups in total. The van der Waals surface area contributed by atoms with Crippen molar-refractivity contribution in [2.45, 2.75) is 127 Å². The summed E-state index contributed by atoms with van der Waals surface area (Å²) >= 11 is 0. The van der Waals surface area contributed by atoms with E-state index < -0.39 is 0 Å². The number of benzene rings is 10. The molecule has 5 aromatic heterocycles. The van der Waals surface area contributed by atoms with Crippen molar-refractivity contribution in [3.63, 3.8) is 0 Å². The van der Waals surface area contributed by atoms with E-state index in [4.69, 9.17) is 23.7 Å². The number of aryl methyl sites for hydroxylation is 5. The van der Waals surface area contributed by atoms with Gasteiger partial charge in [0.15, 0.2) is 0 Å². The Balaban J connectivity index is 0.000000125. The lowest BCUT2D eigenvalue weighted by Gasteiger charge is -2.38. The lowest BCUT2D eigenvalue weighted by molar-refractivity contribution is 0.0922. The second-order valence-corrected chi connectivity index (χ2v) is 32.9. The van der Waals surface area contributed by atoms with Crippen LogP contribution in [0.15, 0.2) is 291 Å². The van der Waals surface area contributed by atoms with Gasteiger partial charge in [-0.3, -0.25) is 47.4 Å². The van der Waals surface area contributed by atoms with Gasteiger partial charge in [0.05, 0.1) is 43.4 Å². The Morgan fingerprint density at radius 1 is 0.321 bits per heavy atom. The van der Waals surface area contributed by atoms with E-state index >= 15 is 0 Å². The number of aromatic nitrogens is 10. The first-order valence-corrected chi connectivity index (χ1v) is 43.1. The molecule has 0 fully saturated rings. The largest absolute Gasteiger partial charge is 0.487 e. The van der Waals surface area contributed by atoms with Crippen LogP contribution in [0, 0.1) is 46.3 Å². The van der Waals surface area contributed by atoms with Crippen LogP contribution in [0.25, 0.3) is 0 Å². The standard InChI is InChI=1S/C22H23N3O2.C21H21N3O2.2C20H18FN3O2.C20H19N3O2.CH4/c1-16-9-11-18(12-10-16)24-15-22(2,3)25-20(21(24)26)13-17(23-25)14-27-19-7-5-4-6-8-19;1-15-8-10-18(11-9-15)23-13-16(2)24-20(21(23)25)12-17(22-24)14-26-19-6-4-3-5-7-19;1-14-11-16(7-8-18(14)21)23-9-10-24-19(20(23)25)12-15(22-24)13-26-17-5-3-2-4-6-17;1-14-7-8-18(17(21)11-14)23-9-10-24-19(20(23)25)12-15(22-24)13-26-16-5-3-2-4-6-16;1-15-7-9-17(10-8-15)22-11-12-23-19(20(22)24)13-16(21-23)14-25-18-5-3-2-4-6-18;/h4-13H,14-15H2,1-3H3;3-12,16H,13-14H2,1-2H3;2*2-8,11-12H,9-10,13H2,1H3;2-10,13H,11-12,14H2,1H3;1H4. The number of hydrogen-bond donors (Lipinski definition) is 0. The minimum atomic E-state index is -0.390. The summed E-state index contributed by atoms with van der Waals surface area (Å²) in [5, 5.41) is 22.6. The molecule has 131 heavy (non-hydrogen) atoms. The van der Waals surface area contributed by atoms with Gasteiger partial charge in [0.2, 0.25) is 0 Å². The molecule has 1 unspecified atom stereocenters. The van der Waals surface area contributed by atoms with E-state index in [1.165, 1.54) is 33.7 Å². The third-order valence-corrected chi connectivity index (χ3v) is 22.5. The Morgan fingerprint density at radius 2 is 0.641 bits per heavy atom. The molecule has 5 aliphatic heterocycles. The Labute approximate surface area is 759 Å². The number of para-hydroxylation sites is 5. The fourth-order valence-electron chi connectivity index (χ4n) is 15.6. The van der Waals surface area contributed by atoms with Crippen molar-refractivity contribution in [3.8, 4) is 28.7 Å². The highest BCUT2D eigenvalue weighted by Gasteiger charge is 2.40. The molecule has 0 radical (unpaired) electrons. The average Bonchev–Trinajstić information content (AvgIpc) is 1.67. The van der Waals surface area contributed by atoms with Crippen LogP contribution in [0.3, 0.4) is 0 Å². The molecule has 10 aromatic carbocycles. The van der Waals surface area contributed by atoms with Crippen LogP contribution in [0.1, 0.15) is 143 Å². The molecule has 0 saturated heterocycles. The molecule has 10 heterocycles. The van der Waals surface area contributed by atoms with Crippen LogP contribution < -0.4 is 48.2 Å². The predicted molar refractivity (Wildman–Crippen MR) is 500 cm³/mol. The van der Waals surface area contributed by atoms with Crippen LogP contribution in [-0.4, -0.2) is 111 Å². The summed E-state index contributed by atoms with van der Waals surface area (Å²) in [5.74, 6) is 2.74. The number of halogens is 2. The molecule has 27 heteroatoms. The van der Waals surface area contributed by atoms with Crippen molar-refractivity contribution in [2.75, 3.05) is 57.2 Å². The highest BCUT2D eigenvalue weighted by atomic mass is 19.1. The molecule has 25 nitrogen and oxygen atoms in total. The third-order valence-electron chi connectivity index (χ3n) is 22.5. The fourth-order valence-corrected chi connectivity index (χ4v) is 15.6. The van der Waals surface area contributed by atoms with Crippen molar-refractivity contribution in [2.24, 2.45) is 0 Å². The SMILES string of the molecule is C.Cc1cc(N2CCn3nc(COc4ccccc4)cc3C2=O)ccc1F.Cc1ccc(N2CC(C)(C)n3nc(COc4ccccc4)cc3C2=O)cc1.Cc1ccc(N2CC(C)n3nc(COc4ccccc4)cc3C2=O)cc1.Cc1ccc(N2CCn3nc(COc4ccccc4)cc3C2=O)c(F)c1.Cc1ccc(N2CCn3nc(COc4ccccc4)cc3C2=O)cc1. The van der Waals surface area contributed by atoms with Gasteiger partial charge in [0, 0.05) is 48.9 Å². The number of anilines is 5. The lowest BCUT2D eigenvalue weighted by atomic mass is 10.0. The van der Waals surface area contributed by atoms with Crippen molar-refractivity contribution in [1.82, 2.24) is 48.9 Å². The average molecular weight is 1760 g/mol. The van der Waals surface area contributed by atoms with E-state index in [-0.39, 0.29) is 66.8 Å². The zero-order valence-electron chi connectivity index (χ0n) is 73.5. The zero-order chi connectivity index (χ0) is 90.5. The second-order valence-electron chi connectivity index (χ2n) is 32.9. The van der Waals surface area contributed by atoms with Gasteiger partial charge >= 0.3 is 0 Å². The van der Waals surface area contributed by atoms with Gasteiger partial charge in [0.1, 0.15) is 130 Å². The molecule has 0 saturated carbocycles. The number of fused-ring (bicyclic) bond motifs is 5. The Kier molecular flexibility index (Phi) is 28.0. The lowest BCUT2D eigenvalue weighted by Crippen LogP contribution is -2.51. The summed E-state index contributed by atoms with van der Waals surface area (Å²) < 4.78 is 65.2. The monoisotopic (exact) mass is 1760 g/mol. The number of hydrogen-bond acceptors (Lipinski definition) is 15. The van der Waals surface area contributed by atoms with Crippen molar-refractivity contribution in [3.05, 3.63) is 388 Å². The Hall–Kier alpha value is -15.5. The van der Waals surface area contributed by atoms with Crippen LogP contribution in [0.2, 0.25) is 0 Å². The van der Waals surface area contributed by atoms with Gasteiger partial charge in [-0.25, -0.2) is 8.78 Å². The van der Waals surface area contributed by atoms with E-state index in [9.17, 15) is 32.8 Å². The Morgan fingerprint density at radius 3 is 1.05 bits per heavy atom. The van der Waals surface area contributed by atoms with Gasteiger partial charge in [-0.2, -0.15) is 25.5 Å². The normalized spacial score (nSPS) is 14.5. The molecule has 5 amide bonds. The predicted octanol–water partition coefficient (Wildman–Crippen LogP) is 19.4. The number of carbonyl (C=O) groups excluding carboxylic acids is 5. The summed E-state index contributed by atoms with van der Waals surface area (Å²) in [7, 11) is 0. The minimum absolute atomic E-state index is 0. The molecule has 0 aliphatic carbocycles. The summed E-state index contributed by atoms with van der Waals surface area (Å²) in [6.07, 6.45) is 0. The molecule has 0 bridgehead atoms. The summed E-state index contributed by atoms with van der Waals surface area (Å²) in [4.78, 5) is 73.1. The first-order chi connectivity index (χ1) is 63.0. The summed E-state index contributed by atoms with van der Waals surface area (Å²) in [6.45, 7) is 22.0.